The van der Waals surface area contributed by atoms with Crippen molar-refractivity contribution < 1.29 is 22.7 Å². The quantitative estimate of drug-likeness (QED) is 0.271. The minimum absolute atomic E-state index is 0.0679. The highest BCUT2D eigenvalue weighted by Crippen LogP contribution is 2.31. The van der Waals surface area contributed by atoms with Crippen molar-refractivity contribution in [2.45, 2.75) is 33.1 Å². The van der Waals surface area contributed by atoms with Gasteiger partial charge in [-0.05, 0) is 55.8 Å². The van der Waals surface area contributed by atoms with Gasteiger partial charge in [-0.3, -0.25) is 4.79 Å². The SMILES string of the molecule is COc1ccc(Cn2nnc(Cn3nc(C)c4c(Cl)c(C(=O)Nc5ccc(C(F)(F)F)cc5)cnc43)c2C)cc1. The largest absolute Gasteiger partial charge is 0.497 e. The van der Waals surface area contributed by atoms with Gasteiger partial charge in [0.15, 0.2) is 5.65 Å². The summed E-state index contributed by atoms with van der Waals surface area (Å²) in [5.74, 6) is 0.163. The fourth-order valence-corrected chi connectivity index (χ4v) is 4.58. The number of nitrogens with zero attached hydrogens (tertiary/aromatic N) is 6. The average molecular weight is 570 g/mol. The number of nitrogens with one attached hydrogen (secondary N) is 1. The first-order valence-corrected chi connectivity index (χ1v) is 12.4. The van der Waals surface area contributed by atoms with Crippen LogP contribution in [0.4, 0.5) is 18.9 Å². The van der Waals surface area contributed by atoms with Crippen molar-refractivity contribution in [3.63, 3.8) is 0 Å². The second-order valence-corrected chi connectivity index (χ2v) is 9.46. The van der Waals surface area contributed by atoms with Crippen molar-refractivity contribution >= 4 is 34.2 Å². The van der Waals surface area contributed by atoms with Gasteiger partial charge in [0.25, 0.3) is 5.91 Å². The highest BCUT2D eigenvalue weighted by Gasteiger charge is 2.30. The Morgan fingerprint density at radius 2 is 1.73 bits per heavy atom. The van der Waals surface area contributed by atoms with Crippen LogP contribution in [0.2, 0.25) is 5.02 Å². The molecule has 3 heterocycles. The molecule has 0 spiro atoms. The summed E-state index contributed by atoms with van der Waals surface area (Å²) in [4.78, 5) is 17.3. The maximum absolute atomic E-state index is 12.9. The standard InChI is InChI=1S/C27H23ClF3N7O2/c1-15-23-24(28)21(26(39)33-19-8-6-18(7-9-19)27(29,30)31)12-32-25(23)38(35-15)14-22-16(2)37(36-34-22)13-17-4-10-20(40-3)11-5-17/h4-12H,13-14H2,1-3H3,(H,33,39). The predicted octanol–water partition coefficient (Wildman–Crippen LogP) is 5.67. The molecule has 13 heteroatoms. The van der Waals surface area contributed by atoms with Crippen LogP contribution in [0.1, 0.15) is 38.6 Å². The van der Waals surface area contributed by atoms with Crippen molar-refractivity contribution in [2.24, 2.45) is 0 Å². The van der Waals surface area contributed by atoms with E-state index in [1.165, 1.54) is 18.3 Å². The summed E-state index contributed by atoms with van der Waals surface area (Å²) in [5, 5.41) is 16.4. The summed E-state index contributed by atoms with van der Waals surface area (Å²) in [6.07, 6.45) is -3.16. The number of ether oxygens (including phenoxy) is 1. The maximum Gasteiger partial charge on any atom is 0.416 e. The first-order valence-electron chi connectivity index (χ1n) is 12.1. The van der Waals surface area contributed by atoms with Crippen molar-refractivity contribution in [2.75, 3.05) is 12.4 Å². The Morgan fingerprint density at radius 3 is 2.38 bits per heavy atom. The Morgan fingerprint density at radius 1 is 1.02 bits per heavy atom. The molecule has 2 aromatic carbocycles. The van der Waals surface area contributed by atoms with Crippen molar-refractivity contribution in [1.82, 2.24) is 29.8 Å². The molecule has 0 saturated heterocycles. The molecule has 1 amide bonds. The molecule has 3 aromatic heterocycles. The van der Waals surface area contributed by atoms with Gasteiger partial charge in [0.1, 0.15) is 11.4 Å². The van der Waals surface area contributed by atoms with Gasteiger partial charge < -0.3 is 10.1 Å². The molecule has 0 unspecified atom stereocenters. The summed E-state index contributed by atoms with van der Waals surface area (Å²) in [6, 6.07) is 11.8. The first kappa shape index (κ1) is 27.1. The number of halogens is 4. The lowest BCUT2D eigenvalue weighted by Crippen LogP contribution is -2.14. The van der Waals surface area contributed by atoms with Crippen LogP contribution in [0.15, 0.2) is 54.7 Å². The van der Waals surface area contributed by atoms with E-state index in [1.54, 1.807) is 23.4 Å². The van der Waals surface area contributed by atoms with Crippen LogP contribution in [0.3, 0.4) is 0 Å². The fraction of sp³-hybridized carbons (Fsp3) is 0.222. The van der Waals surface area contributed by atoms with Gasteiger partial charge in [0.05, 0.1) is 53.1 Å². The number of hydrogen-bond donors (Lipinski definition) is 1. The molecule has 206 valence electrons. The van der Waals surface area contributed by atoms with Gasteiger partial charge in [-0.25, -0.2) is 14.3 Å². The number of methoxy groups -OCH3 is 1. The smallest absolute Gasteiger partial charge is 0.416 e. The number of aromatic nitrogens is 6. The van der Waals surface area contributed by atoms with E-state index < -0.39 is 17.6 Å². The number of carbonyl (C=O) groups is 1. The van der Waals surface area contributed by atoms with E-state index in [9.17, 15) is 18.0 Å². The Hall–Kier alpha value is -4.45. The van der Waals surface area contributed by atoms with E-state index in [1.807, 2.05) is 31.2 Å². The third kappa shape index (κ3) is 5.34. The van der Waals surface area contributed by atoms with Crippen LogP contribution in [0.25, 0.3) is 11.0 Å². The molecule has 0 atom stereocenters. The Bertz CT molecular complexity index is 1690. The lowest BCUT2D eigenvalue weighted by atomic mass is 10.1. The lowest BCUT2D eigenvalue weighted by Gasteiger charge is -2.10. The summed E-state index contributed by atoms with van der Waals surface area (Å²) in [6.45, 7) is 4.47. The zero-order valence-electron chi connectivity index (χ0n) is 21.6. The monoisotopic (exact) mass is 569 g/mol. The van der Waals surface area contributed by atoms with Crippen molar-refractivity contribution in [3.05, 3.63) is 93.5 Å². The van der Waals surface area contributed by atoms with Crippen molar-refractivity contribution in [3.8, 4) is 5.75 Å². The van der Waals surface area contributed by atoms with E-state index in [0.717, 1.165) is 29.1 Å². The average Bonchev–Trinajstić information content (AvgIpc) is 3.43. The molecule has 0 bridgehead atoms. The predicted molar refractivity (Wildman–Crippen MR) is 143 cm³/mol. The highest BCUT2D eigenvalue weighted by atomic mass is 35.5. The van der Waals surface area contributed by atoms with Gasteiger partial charge in [0.2, 0.25) is 0 Å². The normalized spacial score (nSPS) is 11.7. The molecule has 0 aliphatic rings. The minimum Gasteiger partial charge on any atom is -0.497 e. The summed E-state index contributed by atoms with van der Waals surface area (Å²) < 4.78 is 47.1. The van der Waals surface area contributed by atoms with Gasteiger partial charge in [-0.2, -0.15) is 18.3 Å². The van der Waals surface area contributed by atoms with E-state index in [0.29, 0.717) is 29.0 Å². The number of amides is 1. The molecule has 0 aliphatic carbocycles. The summed E-state index contributed by atoms with van der Waals surface area (Å²) in [7, 11) is 1.62. The van der Waals surface area contributed by atoms with E-state index in [4.69, 9.17) is 16.3 Å². The van der Waals surface area contributed by atoms with Gasteiger partial charge >= 0.3 is 6.18 Å². The topological polar surface area (TPSA) is 99.8 Å². The lowest BCUT2D eigenvalue weighted by molar-refractivity contribution is -0.137. The Kier molecular flexibility index (Phi) is 7.19. The molecule has 1 N–H and O–H groups in total. The number of anilines is 1. The number of carbonyl (C=O) groups excluding carboxylic acids is 1. The highest BCUT2D eigenvalue weighted by molar-refractivity contribution is 6.39. The number of alkyl halides is 3. The van der Waals surface area contributed by atoms with Crippen LogP contribution < -0.4 is 10.1 Å². The number of hydrogen-bond acceptors (Lipinski definition) is 6. The molecular formula is C27H23ClF3N7O2. The first-order chi connectivity index (χ1) is 19.0. The summed E-state index contributed by atoms with van der Waals surface area (Å²) >= 11 is 6.61. The molecule has 5 aromatic rings. The van der Waals surface area contributed by atoms with E-state index >= 15 is 0 Å². The van der Waals surface area contributed by atoms with Gasteiger partial charge in [-0.15, -0.1) is 5.10 Å². The number of benzene rings is 2. The Balaban J connectivity index is 1.36. The van der Waals surface area contributed by atoms with E-state index in [2.05, 4.69) is 25.7 Å². The second-order valence-electron chi connectivity index (χ2n) is 9.08. The molecule has 5 rings (SSSR count). The second kappa shape index (κ2) is 10.6. The third-order valence-corrected chi connectivity index (χ3v) is 6.85. The van der Waals surface area contributed by atoms with Crippen LogP contribution >= 0.6 is 11.6 Å². The molecule has 0 aliphatic heterocycles. The number of rotatable bonds is 7. The van der Waals surface area contributed by atoms with Crippen LogP contribution in [-0.4, -0.2) is 42.8 Å². The number of aryl methyl sites for hydroxylation is 1. The van der Waals surface area contributed by atoms with Crippen LogP contribution in [0.5, 0.6) is 5.75 Å². The minimum atomic E-state index is -4.47. The van der Waals surface area contributed by atoms with Gasteiger partial charge in [0, 0.05) is 11.9 Å². The van der Waals surface area contributed by atoms with Gasteiger partial charge in [-0.1, -0.05) is 28.9 Å². The van der Waals surface area contributed by atoms with Crippen LogP contribution in [0, 0.1) is 13.8 Å². The third-order valence-electron chi connectivity index (χ3n) is 6.46. The number of pyridine rings is 1. The summed E-state index contributed by atoms with van der Waals surface area (Å²) in [5.41, 5.74) is 3.04. The maximum atomic E-state index is 12.9. The van der Waals surface area contributed by atoms with E-state index in [-0.39, 0.29) is 22.8 Å². The zero-order valence-corrected chi connectivity index (χ0v) is 22.4. The molecule has 0 radical (unpaired) electrons. The van der Waals surface area contributed by atoms with Crippen LogP contribution in [-0.2, 0) is 19.3 Å². The molecule has 9 nitrogen and oxygen atoms in total. The molecular weight excluding hydrogens is 547 g/mol. The Labute approximate surface area is 231 Å². The molecule has 0 fully saturated rings. The van der Waals surface area contributed by atoms with Crippen molar-refractivity contribution in [1.29, 1.82) is 0 Å². The molecule has 40 heavy (non-hydrogen) atoms. The molecule has 0 saturated carbocycles. The zero-order chi connectivity index (χ0) is 28.6. The fourth-order valence-electron chi connectivity index (χ4n) is 4.22. The number of fused-ring (bicyclic) bond motifs is 1.